The molecule has 0 aliphatic carbocycles. The van der Waals surface area contributed by atoms with Gasteiger partial charge in [0.05, 0.1) is 92.5 Å². The molecule has 0 saturated carbocycles. The summed E-state index contributed by atoms with van der Waals surface area (Å²) in [4.78, 5) is 2.59. The first-order valence-electron chi connectivity index (χ1n) is 9.22. The Labute approximate surface area is 166 Å². The Morgan fingerprint density at radius 3 is 1.32 bits per heavy atom. The molecule has 12 nitrogen and oxygen atoms in total. The summed E-state index contributed by atoms with van der Waals surface area (Å²) in [5.41, 5.74) is 13.2. The van der Waals surface area contributed by atoms with E-state index in [-0.39, 0.29) is 13.2 Å². The smallest absolute Gasteiger partial charge is 0.0701 e. The molecule has 0 rings (SSSR count). The quantitative estimate of drug-likeness (QED) is 0.0956. The molecule has 0 bridgehead atoms. The maximum atomic E-state index is 8.39. The Bertz CT molecular complexity index is 313. The van der Waals surface area contributed by atoms with Crippen LogP contribution >= 0.6 is 0 Å². The van der Waals surface area contributed by atoms with E-state index in [0.717, 1.165) is 0 Å². The molecule has 0 amide bonds. The van der Waals surface area contributed by atoms with Crippen molar-refractivity contribution in [3.05, 3.63) is 10.4 Å². The van der Waals surface area contributed by atoms with E-state index in [1.165, 1.54) is 0 Å². The largest absolute Gasteiger partial charge is 0.394 e. The summed E-state index contributed by atoms with van der Waals surface area (Å²) >= 11 is 0. The number of rotatable bonds is 21. The van der Waals surface area contributed by atoms with Crippen LogP contribution in [0.5, 0.6) is 0 Å². The van der Waals surface area contributed by atoms with Crippen molar-refractivity contribution >= 4 is 0 Å². The molecule has 0 saturated heterocycles. The number of aliphatic hydroxyl groups is 2. The molecule has 0 aromatic rings. The summed E-state index contributed by atoms with van der Waals surface area (Å²) in [6, 6.07) is 0. The standard InChI is InChI=1S/C8H17N3O4.C8H19NO4/c9-11-10-1-3-13-5-7-15-8-6-14-4-2-12;9-1-3-11-5-7-13-8-6-12-4-2-10/h12H,1-8H2;10H,1-9H2. The van der Waals surface area contributed by atoms with Gasteiger partial charge < -0.3 is 44.4 Å². The number of aliphatic hydroxyl groups excluding tert-OH is 2. The molecule has 0 atom stereocenters. The van der Waals surface area contributed by atoms with Gasteiger partial charge in [-0.05, 0) is 5.53 Å². The molecule has 0 unspecified atom stereocenters. The van der Waals surface area contributed by atoms with Crippen LogP contribution in [0.3, 0.4) is 0 Å². The highest BCUT2D eigenvalue weighted by molar-refractivity contribution is 4.44. The summed E-state index contributed by atoms with van der Waals surface area (Å²) in [7, 11) is 0. The predicted octanol–water partition coefficient (Wildman–Crippen LogP) is -0.674. The van der Waals surface area contributed by atoms with Crippen LogP contribution in [0.4, 0.5) is 0 Å². The zero-order chi connectivity index (χ0) is 21.0. The summed E-state index contributed by atoms with van der Waals surface area (Å²) < 4.78 is 30.4. The van der Waals surface area contributed by atoms with Gasteiger partial charge in [0.15, 0.2) is 0 Å². The first-order valence-corrected chi connectivity index (χ1v) is 9.22. The van der Waals surface area contributed by atoms with Gasteiger partial charge in [-0.3, -0.25) is 0 Å². The first kappa shape index (κ1) is 29.2. The van der Waals surface area contributed by atoms with Crippen LogP contribution in [-0.4, -0.2) is 116 Å². The van der Waals surface area contributed by atoms with Crippen molar-refractivity contribution in [3.63, 3.8) is 0 Å². The lowest BCUT2D eigenvalue weighted by Gasteiger charge is -2.04. The van der Waals surface area contributed by atoms with Crippen LogP contribution in [0.1, 0.15) is 0 Å². The van der Waals surface area contributed by atoms with E-state index < -0.39 is 0 Å². The fourth-order valence-electron chi connectivity index (χ4n) is 1.45. The number of ether oxygens (including phenoxy) is 6. The summed E-state index contributed by atoms with van der Waals surface area (Å²) in [5, 5.41) is 20.1. The fourth-order valence-corrected chi connectivity index (χ4v) is 1.45. The SMILES string of the molecule is NCCOCCOCCOCCO.[N-]=[N+]=NCCOCCOCCOCCO. The van der Waals surface area contributed by atoms with Gasteiger partial charge >= 0.3 is 0 Å². The summed E-state index contributed by atoms with van der Waals surface area (Å²) in [6.45, 7) is 6.75. The molecule has 0 heterocycles. The van der Waals surface area contributed by atoms with Crippen LogP contribution in [-0.2, 0) is 28.4 Å². The fraction of sp³-hybridized carbons (Fsp3) is 1.00. The average Bonchev–Trinajstić information content (AvgIpc) is 2.71. The molecule has 0 aliphatic heterocycles. The zero-order valence-corrected chi connectivity index (χ0v) is 16.6. The van der Waals surface area contributed by atoms with Crippen LogP contribution in [0.2, 0.25) is 0 Å². The molecule has 0 fully saturated rings. The Morgan fingerprint density at radius 1 is 0.607 bits per heavy atom. The van der Waals surface area contributed by atoms with Gasteiger partial charge in [0.2, 0.25) is 0 Å². The van der Waals surface area contributed by atoms with Crippen molar-refractivity contribution in [1.82, 2.24) is 0 Å². The third-order valence-electron chi connectivity index (χ3n) is 2.62. The van der Waals surface area contributed by atoms with Crippen LogP contribution < -0.4 is 5.73 Å². The maximum Gasteiger partial charge on any atom is 0.0701 e. The highest BCUT2D eigenvalue weighted by atomic mass is 16.6. The highest BCUT2D eigenvalue weighted by Crippen LogP contribution is 1.82. The van der Waals surface area contributed by atoms with E-state index in [9.17, 15) is 0 Å². The topological polar surface area (TPSA) is 171 Å². The molecule has 0 aromatic heterocycles. The van der Waals surface area contributed by atoms with E-state index in [1.807, 2.05) is 0 Å². The number of hydrogen-bond donors (Lipinski definition) is 3. The average molecular weight is 412 g/mol. The van der Waals surface area contributed by atoms with Gasteiger partial charge in [0.1, 0.15) is 0 Å². The van der Waals surface area contributed by atoms with Gasteiger partial charge in [-0.25, -0.2) is 0 Å². The highest BCUT2D eigenvalue weighted by Gasteiger charge is 1.91. The minimum absolute atomic E-state index is 0.0303. The van der Waals surface area contributed by atoms with Gasteiger partial charge in [0.25, 0.3) is 0 Å². The minimum atomic E-state index is 0.0303. The van der Waals surface area contributed by atoms with Gasteiger partial charge in [0, 0.05) is 18.0 Å². The molecule has 0 radical (unpaired) electrons. The van der Waals surface area contributed by atoms with E-state index >= 15 is 0 Å². The molecular formula is C16H36N4O8. The lowest BCUT2D eigenvalue weighted by Crippen LogP contribution is -2.14. The molecule has 0 aromatic carbocycles. The Morgan fingerprint density at radius 2 is 0.964 bits per heavy atom. The number of nitrogens with zero attached hydrogens (tertiary/aromatic N) is 3. The second-order valence-corrected chi connectivity index (χ2v) is 4.86. The Balaban J connectivity index is 0. The first-order chi connectivity index (χ1) is 13.8. The molecule has 0 spiro atoms. The van der Waals surface area contributed by atoms with Crippen LogP contribution in [0, 0.1) is 0 Å². The van der Waals surface area contributed by atoms with Crippen molar-refractivity contribution < 1.29 is 38.6 Å². The third-order valence-corrected chi connectivity index (χ3v) is 2.62. The molecule has 28 heavy (non-hydrogen) atoms. The van der Waals surface area contributed by atoms with E-state index in [4.69, 9.17) is 49.9 Å². The Hall–Kier alpha value is -1.05. The van der Waals surface area contributed by atoms with Crippen molar-refractivity contribution in [2.24, 2.45) is 10.8 Å². The zero-order valence-electron chi connectivity index (χ0n) is 16.6. The van der Waals surface area contributed by atoms with Gasteiger partial charge in [-0.15, -0.1) is 0 Å². The number of hydrogen-bond acceptors (Lipinski definition) is 10. The predicted molar refractivity (Wildman–Crippen MR) is 102 cm³/mol. The third kappa shape index (κ3) is 32.6. The lowest BCUT2D eigenvalue weighted by atomic mass is 10.7. The molecule has 0 aliphatic rings. The van der Waals surface area contributed by atoms with Crippen molar-refractivity contribution in [2.45, 2.75) is 0 Å². The van der Waals surface area contributed by atoms with Crippen molar-refractivity contribution in [1.29, 1.82) is 0 Å². The molecular weight excluding hydrogens is 376 g/mol. The normalized spacial score (nSPS) is 10.2. The lowest BCUT2D eigenvalue weighted by molar-refractivity contribution is 0.00888. The van der Waals surface area contributed by atoms with Crippen molar-refractivity contribution in [2.75, 3.05) is 106 Å². The molecule has 168 valence electrons. The number of azide groups is 1. The van der Waals surface area contributed by atoms with Crippen LogP contribution in [0.15, 0.2) is 5.11 Å². The van der Waals surface area contributed by atoms with Gasteiger partial charge in [-0.1, -0.05) is 5.11 Å². The van der Waals surface area contributed by atoms with E-state index in [0.29, 0.717) is 92.4 Å². The second kappa shape index (κ2) is 30.7. The molecule has 4 N–H and O–H groups in total. The van der Waals surface area contributed by atoms with E-state index in [1.54, 1.807) is 0 Å². The summed E-state index contributed by atoms with van der Waals surface area (Å²) in [5.74, 6) is 0. The van der Waals surface area contributed by atoms with Crippen molar-refractivity contribution in [3.8, 4) is 0 Å². The Kier molecular flexibility index (Phi) is 31.9. The second-order valence-electron chi connectivity index (χ2n) is 4.86. The summed E-state index contributed by atoms with van der Waals surface area (Å²) in [6.07, 6.45) is 0. The van der Waals surface area contributed by atoms with Gasteiger partial charge in [-0.2, -0.15) is 0 Å². The maximum absolute atomic E-state index is 8.39. The van der Waals surface area contributed by atoms with Crippen LogP contribution in [0.25, 0.3) is 10.4 Å². The number of nitrogens with two attached hydrogens (primary N) is 1. The molecule has 12 heteroatoms. The van der Waals surface area contributed by atoms with E-state index in [2.05, 4.69) is 10.0 Å². The monoisotopic (exact) mass is 412 g/mol. The minimum Gasteiger partial charge on any atom is -0.394 e.